The van der Waals surface area contributed by atoms with Crippen LogP contribution in [0.4, 0.5) is 0 Å². The van der Waals surface area contributed by atoms with Crippen LogP contribution >= 0.6 is 0 Å². The second kappa shape index (κ2) is 8.68. The molecule has 0 saturated heterocycles. The van der Waals surface area contributed by atoms with E-state index in [0.717, 1.165) is 17.5 Å². The zero-order chi connectivity index (χ0) is 22.1. The molecule has 6 nitrogen and oxygen atoms in total. The molecule has 0 spiro atoms. The summed E-state index contributed by atoms with van der Waals surface area (Å²) in [7, 11) is -3.81. The lowest BCUT2D eigenvalue weighted by Crippen LogP contribution is -2.13. The predicted molar refractivity (Wildman–Crippen MR) is 119 cm³/mol. The number of aromatic nitrogens is 2. The second-order valence-corrected chi connectivity index (χ2v) is 9.83. The van der Waals surface area contributed by atoms with Crippen molar-refractivity contribution < 1.29 is 17.9 Å². The van der Waals surface area contributed by atoms with Crippen LogP contribution in [0.2, 0.25) is 0 Å². The van der Waals surface area contributed by atoms with E-state index >= 15 is 0 Å². The molecule has 0 aliphatic heterocycles. The van der Waals surface area contributed by atoms with Gasteiger partial charge in [-0.15, -0.1) is 0 Å². The SMILES string of the molecule is CCCOc1c(OC(C)C)cnc2c1c(C(C)C)cn2S(=O)(=O)c1ccc(C)cc1. The monoisotopic (exact) mass is 430 g/mol. The van der Waals surface area contributed by atoms with E-state index in [9.17, 15) is 8.42 Å². The highest BCUT2D eigenvalue weighted by Crippen LogP contribution is 2.41. The molecule has 0 aliphatic rings. The van der Waals surface area contributed by atoms with E-state index in [1.807, 2.05) is 41.5 Å². The highest BCUT2D eigenvalue weighted by Gasteiger charge is 2.27. The van der Waals surface area contributed by atoms with Crippen LogP contribution in [0.5, 0.6) is 11.5 Å². The first-order valence-corrected chi connectivity index (χ1v) is 11.8. The van der Waals surface area contributed by atoms with E-state index in [-0.39, 0.29) is 16.9 Å². The predicted octanol–water partition coefficient (Wildman–Crippen LogP) is 5.28. The average molecular weight is 431 g/mol. The molecule has 1 aromatic carbocycles. The maximum absolute atomic E-state index is 13.4. The summed E-state index contributed by atoms with van der Waals surface area (Å²) in [5, 5.41) is 0.687. The van der Waals surface area contributed by atoms with Gasteiger partial charge in [0.05, 0.1) is 29.2 Å². The Balaban J connectivity index is 2.31. The maximum Gasteiger partial charge on any atom is 0.269 e. The van der Waals surface area contributed by atoms with Crippen molar-refractivity contribution in [3.05, 3.63) is 47.8 Å². The van der Waals surface area contributed by atoms with Gasteiger partial charge in [-0.2, -0.15) is 0 Å². The molecule has 3 aromatic rings. The fourth-order valence-corrected chi connectivity index (χ4v) is 4.60. The van der Waals surface area contributed by atoms with Crippen LogP contribution in [-0.4, -0.2) is 30.1 Å². The van der Waals surface area contributed by atoms with Gasteiger partial charge in [0.1, 0.15) is 0 Å². The van der Waals surface area contributed by atoms with E-state index in [1.165, 1.54) is 3.97 Å². The van der Waals surface area contributed by atoms with Gasteiger partial charge in [0.2, 0.25) is 0 Å². The molecule has 0 bridgehead atoms. The molecule has 0 amide bonds. The molecule has 0 unspecified atom stereocenters. The summed E-state index contributed by atoms with van der Waals surface area (Å²) in [4.78, 5) is 4.72. The smallest absolute Gasteiger partial charge is 0.269 e. The zero-order valence-corrected chi connectivity index (χ0v) is 19.3. The first kappa shape index (κ1) is 22.2. The number of benzene rings is 1. The number of hydrogen-bond donors (Lipinski definition) is 0. The zero-order valence-electron chi connectivity index (χ0n) is 18.5. The van der Waals surface area contributed by atoms with Crippen LogP contribution in [0, 0.1) is 6.92 Å². The lowest BCUT2D eigenvalue weighted by Gasteiger charge is -2.17. The molecule has 0 N–H and O–H groups in total. The molecular formula is C23H30N2O4S. The van der Waals surface area contributed by atoms with Crippen molar-refractivity contribution in [1.82, 2.24) is 8.96 Å². The molecule has 2 aromatic heterocycles. The minimum Gasteiger partial charge on any atom is -0.489 e. The molecule has 0 radical (unpaired) electrons. The summed E-state index contributed by atoms with van der Waals surface area (Å²) in [5.41, 5.74) is 2.20. The molecule has 0 aliphatic carbocycles. The molecule has 0 saturated carbocycles. The van der Waals surface area contributed by atoms with Gasteiger partial charge in [0.25, 0.3) is 10.0 Å². The Hall–Kier alpha value is -2.54. The summed E-state index contributed by atoms with van der Waals surface area (Å²) in [5.74, 6) is 1.15. The maximum atomic E-state index is 13.4. The first-order chi connectivity index (χ1) is 14.2. The van der Waals surface area contributed by atoms with Crippen molar-refractivity contribution >= 4 is 21.1 Å². The third kappa shape index (κ3) is 4.17. The van der Waals surface area contributed by atoms with E-state index in [2.05, 4.69) is 4.98 Å². The number of ether oxygens (including phenoxy) is 2. The Bertz CT molecular complexity index is 1130. The largest absolute Gasteiger partial charge is 0.489 e. The van der Waals surface area contributed by atoms with Crippen molar-refractivity contribution in [2.75, 3.05) is 6.61 Å². The fourth-order valence-electron chi connectivity index (χ4n) is 3.28. The molecule has 7 heteroatoms. The van der Waals surface area contributed by atoms with Crippen LogP contribution in [0.1, 0.15) is 58.1 Å². The van der Waals surface area contributed by atoms with Crippen LogP contribution in [-0.2, 0) is 10.0 Å². The van der Waals surface area contributed by atoms with E-state index < -0.39 is 10.0 Å². The quantitative estimate of drug-likeness (QED) is 0.486. The van der Waals surface area contributed by atoms with Gasteiger partial charge in [-0.1, -0.05) is 38.5 Å². The van der Waals surface area contributed by atoms with Gasteiger partial charge in [-0.3, -0.25) is 0 Å². The highest BCUT2D eigenvalue weighted by atomic mass is 32.2. The van der Waals surface area contributed by atoms with Crippen molar-refractivity contribution in [1.29, 1.82) is 0 Å². The number of nitrogens with zero attached hydrogens (tertiary/aromatic N) is 2. The summed E-state index contributed by atoms with van der Waals surface area (Å²) >= 11 is 0. The molecule has 162 valence electrons. The minimum atomic E-state index is -3.81. The van der Waals surface area contributed by atoms with Crippen molar-refractivity contribution in [2.24, 2.45) is 0 Å². The van der Waals surface area contributed by atoms with Gasteiger partial charge in [-0.05, 0) is 50.8 Å². The Morgan fingerprint density at radius 3 is 2.33 bits per heavy atom. The van der Waals surface area contributed by atoms with Gasteiger partial charge in [-0.25, -0.2) is 17.4 Å². The van der Waals surface area contributed by atoms with E-state index in [4.69, 9.17) is 9.47 Å². The Morgan fingerprint density at radius 2 is 1.77 bits per heavy atom. The molecule has 0 atom stereocenters. The van der Waals surface area contributed by atoms with Gasteiger partial charge in [0, 0.05) is 6.20 Å². The lowest BCUT2D eigenvalue weighted by atomic mass is 10.0. The summed E-state index contributed by atoms with van der Waals surface area (Å²) in [6, 6.07) is 6.83. The average Bonchev–Trinajstić information content (AvgIpc) is 3.08. The van der Waals surface area contributed by atoms with Gasteiger partial charge >= 0.3 is 0 Å². The topological polar surface area (TPSA) is 70.4 Å². The molecule has 0 fully saturated rings. The first-order valence-electron chi connectivity index (χ1n) is 10.3. The fraction of sp³-hybridized carbons (Fsp3) is 0.435. The normalized spacial score (nSPS) is 12.1. The minimum absolute atomic E-state index is 0.0610. The molecule has 2 heterocycles. The van der Waals surface area contributed by atoms with Crippen LogP contribution < -0.4 is 9.47 Å². The Labute approximate surface area is 178 Å². The molecular weight excluding hydrogens is 400 g/mol. The van der Waals surface area contributed by atoms with Crippen LogP contribution in [0.3, 0.4) is 0 Å². The summed E-state index contributed by atoms with van der Waals surface area (Å²) in [6.07, 6.45) is 3.98. The number of aryl methyl sites for hydroxylation is 1. The van der Waals surface area contributed by atoms with E-state index in [0.29, 0.717) is 29.1 Å². The second-order valence-electron chi connectivity index (χ2n) is 8.02. The Morgan fingerprint density at radius 1 is 1.10 bits per heavy atom. The van der Waals surface area contributed by atoms with Gasteiger partial charge in [0.15, 0.2) is 17.1 Å². The Kier molecular flexibility index (Phi) is 6.41. The van der Waals surface area contributed by atoms with Crippen molar-refractivity contribution in [3.8, 4) is 11.5 Å². The molecule has 30 heavy (non-hydrogen) atoms. The van der Waals surface area contributed by atoms with Gasteiger partial charge < -0.3 is 9.47 Å². The van der Waals surface area contributed by atoms with Crippen molar-refractivity contribution in [2.45, 2.75) is 64.9 Å². The standard InChI is InChI=1S/C23H30N2O4S/c1-7-12-28-22-20(29-16(4)5)13-24-23-21(22)19(15(2)3)14-25(23)30(26,27)18-10-8-17(6)9-11-18/h8-11,13-16H,7,12H2,1-6H3. The number of hydrogen-bond acceptors (Lipinski definition) is 5. The third-order valence-electron chi connectivity index (χ3n) is 4.75. The lowest BCUT2D eigenvalue weighted by molar-refractivity contribution is 0.221. The van der Waals surface area contributed by atoms with Crippen molar-refractivity contribution in [3.63, 3.8) is 0 Å². The summed E-state index contributed by atoms with van der Waals surface area (Å²) in [6.45, 7) is 12.4. The molecule has 3 rings (SSSR count). The van der Waals surface area contributed by atoms with E-state index in [1.54, 1.807) is 36.7 Å². The summed E-state index contributed by atoms with van der Waals surface area (Å²) < 4.78 is 40.1. The number of fused-ring (bicyclic) bond motifs is 1. The highest BCUT2D eigenvalue weighted by molar-refractivity contribution is 7.90. The third-order valence-corrected chi connectivity index (χ3v) is 6.41. The number of pyridine rings is 1. The number of rotatable bonds is 8. The van der Waals surface area contributed by atoms with Crippen LogP contribution in [0.25, 0.3) is 11.0 Å². The van der Waals surface area contributed by atoms with Crippen LogP contribution in [0.15, 0.2) is 41.6 Å².